The molecule has 0 spiro atoms. The van der Waals surface area contributed by atoms with E-state index in [1.165, 1.54) is 21.0 Å². The third-order valence-electron chi connectivity index (χ3n) is 3.08. The second kappa shape index (κ2) is 7.94. The van der Waals surface area contributed by atoms with Crippen LogP contribution in [0.1, 0.15) is 20.8 Å². The lowest BCUT2D eigenvalue weighted by molar-refractivity contribution is -0.269. The molecule has 0 unspecified atom stereocenters. The molecule has 0 bridgehead atoms. The molecule has 21 heavy (non-hydrogen) atoms. The van der Waals surface area contributed by atoms with Gasteiger partial charge in [0, 0.05) is 21.0 Å². The van der Waals surface area contributed by atoms with E-state index in [9.17, 15) is 9.59 Å². The van der Waals surface area contributed by atoms with Crippen LogP contribution in [0.5, 0.6) is 0 Å². The molecule has 0 saturated carbocycles. The molecule has 1 aliphatic rings. The molecule has 0 aromatic rings. The zero-order valence-corrected chi connectivity index (χ0v) is 12.5. The lowest BCUT2D eigenvalue weighted by Gasteiger charge is -2.43. The van der Waals surface area contributed by atoms with Crippen LogP contribution in [0.15, 0.2) is 0 Å². The average Bonchev–Trinajstić information content (AvgIpc) is 2.38. The summed E-state index contributed by atoms with van der Waals surface area (Å²) in [5, 5.41) is 7.02. The Labute approximate surface area is 123 Å². The molecular formula is C13H21NO7. The van der Waals surface area contributed by atoms with Crippen molar-refractivity contribution in [2.24, 2.45) is 5.92 Å². The second-order valence-electron chi connectivity index (χ2n) is 4.76. The Hall–Kier alpha value is -1.67. The molecular weight excluding hydrogens is 282 g/mol. The van der Waals surface area contributed by atoms with E-state index in [2.05, 4.69) is 0 Å². The van der Waals surface area contributed by atoms with Gasteiger partial charge in [-0.25, -0.2) is 0 Å². The van der Waals surface area contributed by atoms with Crippen LogP contribution in [0.4, 0.5) is 0 Å². The summed E-state index contributed by atoms with van der Waals surface area (Å²) in [7, 11) is 1.47. The summed E-state index contributed by atoms with van der Waals surface area (Å²) in [6.07, 6.45) is -2.25. The number of ether oxygens (including phenoxy) is 5. The van der Waals surface area contributed by atoms with Gasteiger partial charge in [-0.2, -0.15) is 0 Å². The van der Waals surface area contributed by atoms with Crippen molar-refractivity contribution in [1.29, 1.82) is 5.41 Å². The molecule has 120 valence electrons. The van der Waals surface area contributed by atoms with Gasteiger partial charge in [0.2, 0.25) is 6.29 Å². The van der Waals surface area contributed by atoms with Crippen LogP contribution in [0.25, 0.3) is 0 Å². The molecule has 1 fully saturated rings. The van der Waals surface area contributed by atoms with Gasteiger partial charge in [-0.3, -0.25) is 15.0 Å². The van der Waals surface area contributed by atoms with Crippen LogP contribution in [0, 0.1) is 11.3 Å². The Balaban J connectivity index is 3.02. The highest BCUT2D eigenvalue weighted by atomic mass is 16.7. The van der Waals surface area contributed by atoms with E-state index in [1.54, 1.807) is 6.92 Å². The average molecular weight is 303 g/mol. The third-order valence-corrected chi connectivity index (χ3v) is 3.08. The normalized spacial score (nSPS) is 32.1. The molecule has 1 rings (SSSR count). The van der Waals surface area contributed by atoms with Crippen molar-refractivity contribution in [2.45, 2.75) is 45.4 Å². The maximum atomic E-state index is 11.3. The molecule has 5 atom stereocenters. The number of hydrogen-bond acceptors (Lipinski definition) is 8. The minimum atomic E-state index is -0.799. The quantitative estimate of drug-likeness (QED) is 0.432. The maximum absolute atomic E-state index is 11.3. The highest BCUT2D eigenvalue weighted by molar-refractivity contribution is 5.67. The van der Waals surface area contributed by atoms with Gasteiger partial charge in [0.25, 0.3) is 0 Å². The van der Waals surface area contributed by atoms with Crippen molar-refractivity contribution < 1.29 is 33.3 Å². The van der Waals surface area contributed by atoms with E-state index in [-0.39, 0.29) is 6.61 Å². The number of esters is 2. The van der Waals surface area contributed by atoms with E-state index in [4.69, 9.17) is 29.1 Å². The van der Waals surface area contributed by atoms with E-state index in [0.29, 0.717) is 0 Å². The summed E-state index contributed by atoms with van der Waals surface area (Å²) in [5.41, 5.74) is 0. The Morgan fingerprint density at radius 2 is 1.76 bits per heavy atom. The highest BCUT2D eigenvalue weighted by Crippen LogP contribution is 2.31. The largest absolute Gasteiger partial charge is 0.458 e. The molecule has 0 aromatic carbocycles. The molecule has 1 saturated heterocycles. The molecule has 8 heteroatoms. The van der Waals surface area contributed by atoms with Gasteiger partial charge in [0.1, 0.15) is 12.2 Å². The molecule has 0 amide bonds. The lowest BCUT2D eigenvalue weighted by atomic mass is 9.92. The first kappa shape index (κ1) is 17.4. The first-order valence-electron chi connectivity index (χ1n) is 6.54. The predicted octanol–water partition coefficient (Wildman–Crippen LogP) is 0.481. The topological polar surface area (TPSA) is 104 Å². The fourth-order valence-electron chi connectivity index (χ4n) is 2.26. The van der Waals surface area contributed by atoms with E-state index >= 15 is 0 Å². The highest BCUT2D eigenvalue weighted by Gasteiger charge is 2.48. The molecule has 0 radical (unpaired) electrons. The van der Waals surface area contributed by atoms with E-state index in [1.807, 2.05) is 0 Å². The number of carbonyl (C=O) groups excluding carboxylic acids is 2. The fraction of sp³-hybridized carbons (Fsp3) is 0.769. The van der Waals surface area contributed by atoms with Gasteiger partial charge in [0.15, 0.2) is 12.5 Å². The number of methoxy groups -OCH3 is 1. The number of rotatable bonds is 6. The Kier molecular flexibility index (Phi) is 6.57. The minimum Gasteiger partial charge on any atom is -0.458 e. The molecule has 1 aliphatic heterocycles. The summed E-state index contributed by atoms with van der Waals surface area (Å²) in [6.45, 7) is 4.38. The molecule has 0 aliphatic carbocycles. The molecule has 0 aromatic heterocycles. The molecule has 8 nitrogen and oxygen atoms in total. The van der Waals surface area contributed by atoms with Crippen LogP contribution in [0.3, 0.4) is 0 Å². The summed E-state index contributed by atoms with van der Waals surface area (Å²) in [6, 6.07) is 0. The molecule has 1 heterocycles. The van der Waals surface area contributed by atoms with Crippen LogP contribution in [-0.2, 0) is 33.3 Å². The first-order valence-corrected chi connectivity index (χ1v) is 6.54. The monoisotopic (exact) mass is 303 g/mol. The Morgan fingerprint density at radius 3 is 2.24 bits per heavy atom. The third kappa shape index (κ3) is 4.68. The van der Waals surface area contributed by atoms with Gasteiger partial charge in [-0.15, -0.1) is 0 Å². The first-order chi connectivity index (χ1) is 9.90. The Bertz CT molecular complexity index is 387. The smallest absolute Gasteiger partial charge is 0.303 e. The lowest BCUT2D eigenvalue weighted by Crippen LogP contribution is -2.58. The fourth-order valence-corrected chi connectivity index (χ4v) is 2.26. The van der Waals surface area contributed by atoms with Crippen LogP contribution in [0.2, 0.25) is 0 Å². The van der Waals surface area contributed by atoms with Gasteiger partial charge >= 0.3 is 11.9 Å². The van der Waals surface area contributed by atoms with Gasteiger partial charge < -0.3 is 23.7 Å². The SMILES string of the molecule is COC[C@H]1O[C@@H](OC=N)[C@H](C)[C@@H](OC(C)=O)[C@H]1OC(C)=O. The van der Waals surface area contributed by atoms with Crippen molar-refractivity contribution in [3.8, 4) is 0 Å². The minimum absolute atomic E-state index is 0.125. The van der Waals surface area contributed by atoms with Crippen LogP contribution in [-0.4, -0.2) is 56.7 Å². The maximum Gasteiger partial charge on any atom is 0.303 e. The van der Waals surface area contributed by atoms with Crippen LogP contribution < -0.4 is 0 Å². The van der Waals surface area contributed by atoms with Gasteiger partial charge in [0.05, 0.1) is 12.5 Å². The van der Waals surface area contributed by atoms with E-state index < -0.39 is 42.5 Å². The molecule has 1 N–H and O–H groups in total. The van der Waals surface area contributed by atoms with Gasteiger partial charge in [-0.1, -0.05) is 6.92 Å². The second-order valence-corrected chi connectivity index (χ2v) is 4.76. The summed E-state index contributed by atoms with van der Waals surface area (Å²) >= 11 is 0. The zero-order chi connectivity index (χ0) is 16.0. The van der Waals surface area contributed by atoms with Crippen molar-refractivity contribution in [1.82, 2.24) is 0 Å². The predicted molar refractivity (Wildman–Crippen MR) is 70.7 cm³/mol. The number of hydrogen-bond donors (Lipinski definition) is 1. The summed E-state index contributed by atoms with van der Waals surface area (Å²) < 4.78 is 26.2. The van der Waals surface area contributed by atoms with Crippen molar-refractivity contribution in [2.75, 3.05) is 13.7 Å². The zero-order valence-electron chi connectivity index (χ0n) is 12.5. The summed E-state index contributed by atoms with van der Waals surface area (Å²) in [5.74, 6) is -1.44. The number of carbonyl (C=O) groups is 2. The van der Waals surface area contributed by atoms with Crippen molar-refractivity contribution in [3.63, 3.8) is 0 Å². The van der Waals surface area contributed by atoms with Gasteiger partial charge in [-0.05, 0) is 0 Å². The Morgan fingerprint density at radius 1 is 1.19 bits per heavy atom. The number of nitrogens with one attached hydrogen (secondary N) is 1. The van der Waals surface area contributed by atoms with E-state index in [0.717, 1.165) is 6.40 Å². The van der Waals surface area contributed by atoms with Crippen molar-refractivity contribution in [3.05, 3.63) is 0 Å². The standard InChI is InChI=1S/C13H21NO7/c1-7-11(19-8(2)15)12(20-9(3)16)10(5-17-4)21-13(7)18-6-14/h6-7,10-14H,5H2,1-4H3/t7-,10-,11-,12+,13-/m1/s1. The van der Waals surface area contributed by atoms with Crippen molar-refractivity contribution >= 4 is 18.3 Å². The summed E-state index contributed by atoms with van der Waals surface area (Å²) in [4.78, 5) is 22.6. The van der Waals surface area contributed by atoms with Crippen LogP contribution >= 0.6 is 0 Å².